The van der Waals surface area contributed by atoms with E-state index in [0.717, 1.165) is 0 Å². The topological polar surface area (TPSA) is 38.9 Å². The number of benzene rings is 1. The van der Waals surface area contributed by atoms with Crippen LogP contribution in [0.15, 0.2) is 39.6 Å². The lowest BCUT2D eigenvalue weighted by Gasteiger charge is -2.05. The quantitative estimate of drug-likeness (QED) is 0.825. The highest BCUT2D eigenvalue weighted by atomic mass is 79.9. The first-order valence-electron chi connectivity index (χ1n) is 4.31. The Morgan fingerprint density at radius 2 is 2.00 bits per heavy atom. The predicted octanol–water partition coefficient (Wildman–Crippen LogP) is 2.98. The minimum absolute atomic E-state index is 0.134. The van der Waals surface area contributed by atoms with Crippen LogP contribution in [-0.2, 0) is 0 Å². The maximum Gasteiger partial charge on any atom is 0.238 e. The van der Waals surface area contributed by atoms with Crippen molar-refractivity contribution in [2.45, 2.75) is 12.8 Å². The van der Waals surface area contributed by atoms with E-state index in [1.165, 1.54) is 5.56 Å². The summed E-state index contributed by atoms with van der Waals surface area (Å²) < 4.78 is 5.57. The molecule has 14 heavy (non-hydrogen) atoms. The average molecular weight is 253 g/mol. The minimum atomic E-state index is 0.134. The molecule has 0 amide bonds. The number of halogens is 1. The Kier molecular flexibility index (Phi) is 2.63. The number of nitrogens with zero attached hydrogens (tertiary/aromatic N) is 2. The summed E-state index contributed by atoms with van der Waals surface area (Å²) in [5.74, 6) is 0.762. The fourth-order valence-corrected chi connectivity index (χ4v) is 1.52. The zero-order valence-corrected chi connectivity index (χ0v) is 9.23. The van der Waals surface area contributed by atoms with Gasteiger partial charge in [0.05, 0.1) is 5.92 Å². The average Bonchev–Trinajstić information content (AvgIpc) is 2.65. The van der Waals surface area contributed by atoms with Crippen molar-refractivity contribution >= 4 is 15.9 Å². The summed E-state index contributed by atoms with van der Waals surface area (Å²) in [6.07, 6.45) is 0. The van der Waals surface area contributed by atoms with Gasteiger partial charge in [0.1, 0.15) is 0 Å². The van der Waals surface area contributed by atoms with Crippen LogP contribution in [0.25, 0.3) is 0 Å². The molecule has 0 aliphatic carbocycles. The zero-order valence-electron chi connectivity index (χ0n) is 7.64. The molecule has 2 aromatic rings. The van der Waals surface area contributed by atoms with Gasteiger partial charge < -0.3 is 4.52 Å². The van der Waals surface area contributed by atoms with Crippen LogP contribution < -0.4 is 0 Å². The Hall–Kier alpha value is -1.16. The van der Waals surface area contributed by atoms with Gasteiger partial charge in [-0.25, -0.2) is 0 Å². The third kappa shape index (κ3) is 1.85. The first kappa shape index (κ1) is 9.40. The van der Waals surface area contributed by atoms with Crippen LogP contribution in [0.4, 0.5) is 0 Å². The molecule has 72 valence electrons. The van der Waals surface area contributed by atoms with Gasteiger partial charge >= 0.3 is 0 Å². The third-order valence-electron chi connectivity index (χ3n) is 2.09. The Morgan fingerprint density at radius 1 is 1.29 bits per heavy atom. The lowest BCUT2D eigenvalue weighted by Crippen LogP contribution is -1.95. The van der Waals surface area contributed by atoms with Crippen molar-refractivity contribution in [3.05, 3.63) is 46.5 Å². The molecule has 1 unspecified atom stereocenters. The summed E-state index contributed by atoms with van der Waals surface area (Å²) in [4.78, 5) is 4.13. The van der Waals surface area contributed by atoms with Crippen LogP contribution in [-0.4, -0.2) is 10.1 Å². The van der Waals surface area contributed by atoms with E-state index < -0.39 is 0 Å². The van der Waals surface area contributed by atoms with Crippen molar-refractivity contribution in [2.75, 3.05) is 0 Å². The van der Waals surface area contributed by atoms with Gasteiger partial charge in [-0.2, -0.15) is 4.98 Å². The van der Waals surface area contributed by atoms with E-state index in [-0.39, 0.29) is 5.92 Å². The highest BCUT2D eigenvalue weighted by molar-refractivity contribution is 9.10. The molecule has 1 aromatic heterocycles. The van der Waals surface area contributed by atoms with Crippen LogP contribution in [0.5, 0.6) is 0 Å². The first-order chi connectivity index (χ1) is 6.77. The molecule has 1 heterocycles. The van der Waals surface area contributed by atoms with Crippen molar-refractivity contribution in [3.8, 4) is 0 Å². The summed E-state index contributed by atoms with van der Waals surface area (Å²) in [7, 11) is 0. The first-order valence-corrected chi connectivity index (χ1v) is 5.10. The van der Waals surface area contributed by atoms with Crippen LogP contribution in [0.1, 0.15) is 24.3 Å². The van der Waals surface area contributed by atoms with Crippen molar-refractivity contribution < 1.29 is 4.52 Å². The lowest BCUT2D eigenvalue weighted by molar-refractivity contribution is 0.367. The van der Waals surface area contributed by atoms with Gasteiger partial charge in [-0.15, -0.1) is 0 Å². The van der Waals surface area contributed by atoms with Crippen molar-refractivity contribution in [1.82, 2.24) is 10.1 Å². The molecule has 1 aromatic carbocycles. The molecule has 2 rings (SSSR count). The number of hydrogen-bond acceptors (Lipinski definition) is 3. The largest absolute Gasteiger partial charge is 0.338 e. The standard InChI is InChI=1S/C10H9BrN2O/c1-7(8-5-3-2-4-6-8)9-12-10(11)13-14-9/h2-7H,1H3. The van der Waals surface area contributed by atoms with E-state index in [9.17, 15) is 0 Å². The molecule has 4 heteroatoms. The maximum atomic E-state index is 5.07. The molecule has 0 spiro atoms. The predicted molar refractivity (Wildman–Crippen MR) is 56.0 cm³/mol. The number of aromatic nitrogens is 2. The van der Waals surface area contributed by atoms with Crippen LogP contribution >= 0.6 is 15.9 Å². The Labute approximate surface area is 90.3 Å². The van der Waals surface area contributed by atoms with Gasteiger partial charge in [0.25, 0.3) is 0 Å². The summed E-state index contributed by atoms with van der Waals surface area (Å²) >= 11 is 3.16. The molecule has 0 N–H and O–H groups in total. The van der Waals surface area contributed by atoms with Crippen molar-refractivity contribution in [3.63, 3.8) is 0 Å². The van der Waals surface area contributed by atoms with E-state index in [1.54, 1.807) is 0 Å². The third-order valence-corrected chi connectivity index (χ3v) is 2.41. The molecule has 0 saturated heterocycles. The normalized spacial score (nSPS) is 12.7. The summed E-state index contributed by atoms with van der Waals surface area (Å²) in [5.41, 5.74) is 1.17. The van der Waals surface area contributed by atoms with E-state index in [1.807, 2.05) is 37.3 Å². The molecule has 1 atom stereocenters. The van der Waals surface area contributed by atoms with Gasteiger partial charge in [-0.05, 0) is 33.6 Å². The molecule has 0 aliphatic heterocycles. The highest BCUT2D eigenvalue weighted by Gasteiger charge is 2.14. The number of rotatable bonds is 2. The van der Waals surface area contributed by atoms with Gasteiger partial charge in [-0.1, -0.05) is 30.3 Å². The lowest BCUT2D eigenvalue weighted by atomic mass is 10.0. The van der Waals surface area contributed by atoms with Gasteiger partial charge in [0, 0.05) is 0 Å². The Bertz CT molecular complexity index is 413. The van der Waals surface area contributed by atoms with E-state index in [0.29, 0.717) is 10.6 Å². The Morgan fingerprint density at radius 3 is 2.57 bits per heavy atom. The second-order valence-corrected chi connectivity index (χ2v) is 3.74. The van der Waals surface area contributed by atoms with Gasteiger partial charge in [-0.3, -0.25) is 0 Å². The molecule has 0 radical (unpaired) electrons. The monoisotopic (exact) mass is 252 g/mol. The SMILES string of the molecule is CC(c1ccccc1)c1nc(Br)no1. The summed E-state index contributed by atoms with van der Waals surface area (Å²) in [6, 6.07) is 10.1. The van der Waals surface area contributed by atoms with Gasteiger partial charge in [0.15, 0.2) is 0 Å². The molecule has 0 aliphatic rings. The molecule has 0 bridgehead atoms. The smallest absolute Gasteiger partial charge is 0.238 e. The molecular weight excluding hydrogens is 244 g/mol. The fraction of sp³-hybridized carbons (Fsp3) is 0.200. The highest BCUT2D eigenvalue weighted by Crippen LogP contribution is 2.22. The second-order valence-electron chi connectivity index (χ2n) is 3.03. The van der Waals surface area contributed by atoms with Gasteiger partial charge in [0.2, 0.25) is 10.6 Å². The zero-order chi connectivity index (χ0) is 9.97. The molecule has 0 fully saturated rings. The van der Waals surface area contributed by atoms with Crippen LogP contribution in [0, 0.1) is 0 Å². The molecule has 0 saturated carbocycles. The Balaban J connectivity index is 2.29. The second kappa shape index (κ2) is 3.92. The van der Waals surface area contributed by atoms with Crippen molar-refractivity contribution in [2.24, 2.45) is 0 Å². The summed E-state index contributed by atoms with van der Waals surface area (Å²) in [6.45, 7) is 2.04. The minimum Gasteiger partial charge on any atom is -0.338 e. The van der Waals surface area contributed by atoms with E-state index in [2.05, 4.69) is 26.1 Å². The van der Waals surface area contributed by atoms with Crippen LogP contribution in [0.2, 0.25) is 0 Å². The fourth-order valence-electron chi connectivity index (χ4n) is 1.28. The number of hydrogen-bond donors (Lipinski definition) is 0. The van der Waals surface area contributed by atoms with E-state index >= 15 is 0 Å². The molecule has 3 nitrogen and oxygen atoms in total. The summed E-state index contributed by atoms with van der Waals surface area (Å²) in [5, 5.41) is 3.69. The van der Waals surface area contributed by atoms with Crippen LogP contribution in [0.3, 0.4) is 0 Å². The van der Waals surface area contributed by atoms with E-state index in [4.69, 9.17) is 4.52 Å². The molecular formula is C10H9BrN2O. The van der Waals surface area contributed by atoms with Crippen molar-refractivity contribution in [1.29, 1.82) is 0 Å². The maximum absolute atomic E-state index is 5.07.